The Morgan fingerprint density at radius 2 is 1.81 bits per heavy atom. The predicted molar refractivity (Wildman–Crippen MR) is 78.6 cm³/mol. The molecule has 0 heterocycles. The zero-order valence-electron chi connectivity index (χ0n) is 11.7. The van der Waals surface area contributed by atoms with Crippen LogP contribution < -0.4 is 4.74 Å². The maximum Gasteiger partial charge on any atom is 0.395 e. The fourth-order valence-electron chi connectivity index (χ4n) is 1.86. The molecule has 2 aromatic carbocycles. The third-order valence-corrected chi connectivity index (χ3v) is 3.00. The van der Waals surface area contributed by atoms with E-state index in [9.17, 15) is 4.79 Å². The number of hydrogen-bond donors (Lipinski definition) is 0. The second-order valence-electron chi connectivity index (χ2n) is 4.40. The first-order valence-corrected chi connectivity index (χ1v) is 6.45. The van der Waals surface area contributed by atoms with E-state index in [1.165, 1.54) is 7.11 Å². The number of methoxy groups -OCH3 is 1. The van der Waals surface area contributed by atoms with Crippen LogP contribution in [0.5, 0.6) is 5.75 Å². The van der Waals surface area contributed by atoms with Gasteiger partial charge in [-0.2, -0.15) is 0 Å². The number of rotatable bonds is 5. The molecule has 106 valence electrons. The number of hydrogen-bond acceptors (Lipinski definition) is 3. The highest BCUT2D eigenvalue weighted by Crippen LogP contribution is 2.22. The molecule has 0 spiro atoms. The van der Waals surface area contributed by atoms with Gasteiger partial charge in [0.15, 0.2) is 0 Å². The van der Waals surface area contributed by atoms with E-state index in [1.54, 1.807) is 24.3 Å². The maximum absolute atomic E-state index is 11.5. The molecule has 4 nitrogen and oxygen atoms in total. The quantitative estimate of drug-likeness (QED) is 0.623. The molecule has 2 aromatic rings. The molecule has 0 saturated heterocycles. The van der Waals surface area contributed by atoms with Crippen molar-refractivity contribution in [1.82, 2.24) is 0 Å². The van der Waals surface area contributed by atoms with Gasteiger partial charge in [-0.15, -0.1) is 0 Å². The van der Waals surface area contributed by atoms with Gasteiger partial charge in [0.2, 0.25) is 0 Å². The molecule has 21 heavy (non-hydrogen) atoms. The normalized spacial score (nSPS) is 11.2. The Balaban J connectivity index is 2.02. The lowest BCUT2D eigenvalue weighted by Gasteiger charge is -2.08. The molecule has 0 amide bonds. The van der Waals surface area contributed by atoms with Gasteiger partial charge in [-0.25, -0.2) is 11.4 Å². The maximum atomic E-state index is 11.5. The predicted octanol–water partition coefficient (Wildman–Crippen LogP) is 3.40. The summed E-state index contributed by atoms with van der Waals surface area (Å²) in [6.07, 6.45) is 0. The molecule has 1 unspecified atom stereocenters. The van der Waals surface area contributed by atoms with E-state index in [0.717, 1.165) is 5.56 Å². The van der Waals surface area contributed by atoms with Gasteiger partial charge in [0.1, 0.15) is 12.4 Å². The van der Waals surface area contributed by atoms with Crippen LogP contribution in [-0.4, -0.2) is 13.1 Å². The lowest BCUT2D eigenvalue weighted by molar-refractivity contribution is -0.141. The van der Waals surface area contributed by atoms with Crippen LogP contribution in [0.15, 0.2) is 54.6 Å². The second-order valence-corrected chi connectivity index (χ2v) is 4.40. The van der Waals surface area contributed by atoms with Crippen molar-refractivity contribution in [1.29, 1.82) is 0 Å². The van der Waals surface area contributed by atoms with Crippen LogP contribution in [0.3, 0.4) is 0 Å². The average molecular weight is 281 g/mol. The molecule has 0 bridgehead atoms. The van der Waals surface area contributed by atoms with Gasteiger partial charge in [-0.3, -0.25) is 4.85 Å². The molecule has 0 saturated carbocycles. The van der Waals surface area contributed by atoms with Crippen molar-refractivity contribution in [2.75, 3.05) is 7.11 Å². The number of carbonyl (C=O) groups is 1. The Kier molecular flexibility index (Phi) is 4.94. The summed E-state index contributed by atoms with van der Waals surface area (Å²) < 4.78 is 10.3. The van der Waals surface area contributed by atoms with Crippen LogP contribution >= 0.6 is 0 Å². The molecular weight excluding hydrogens is 266 g/mol. The highest BCUT2D eigenvalue weighted by Gasteiger charge is 2.26. The van der Waals surface area contributed by atoms with Crippen molar-refractivity contribution in [2.45, 2.75) is 12.6 Å². The first-order chi connectivity index (χ1) is 10.2. The van der Waals surface area contributed by atoms with E-state index in [2.05, 4.69) is 9.58 Å². The van der Waals surface area contributed by atoms with E-state index in [4.69, 9.17) is 11.3 Å². The molecule has 0 aliphatic rings. The SMILES string of the molecule is [C-]#[N+]C(C(=O)OC)c1ccc(OCc2ccccc2)cc1. The second kappa shape index (κ2) is 7.11. The average Bonchev–Trinajstić information content (AvgIpc) is 2.55. The molecule has 1 atom stereocenters. The highest BCUT2D eigenvalue weighted by atomic mass is 16.5. The number of carbonyl (C=O) groups excluding carboxylic acids is 1. The van der Waals surface area contributed by atoms with E-state index >= 15 is 0 Å². The van der Waals surface area contributed by atoms with Crippen molar-refractivity contribution in [3.05, 3.63) is 77.1 Å². The largest absolute Gasteiger partial charge is 0.489 e. The molecule has 0 fully saturated rings. The van der Waals surface area contributed by atoms with Crippen LogP contribution in [0.2, 0.25) is 0 Å². The molecule has 0 N–H and O–H groups in total. The van der Waals surface area contributed by atoms with E-state index in [-0.39, 0.29) is 0 Å². The van der Waals surface area contributed by atoms with E-state index in [0.29, 0.717) is 17.9 Å². The summed E-state index contributed by atoms with van der Waals surface area (Å²) in [6.45, 7) is 7.55. The van der Waals surface area contributed by atoms with Crippen LogP contribution in [-0.2, 0) is 16.1 Å². The summed E-state index contributed by atoms with van der Waals surface area (Å²) >= 11 is 0. The molecule has 4 heteroatoms. The van der Waals surface area contributed by atoms with Crippen LogP contribution in [0.4, 0.5) is 0 Å². The van der Waals surface area contributed by atoms with Gasteiger partial charge in [0.25, 0.3) is 0 Å². The lowest BCUT2D eigenvalue weighted by atomic mass is 10.1. The highest BCUT2D eigenvalue weighted by molar-refractivity contribution is 5.79. The molecular formula is C17H15NO3. The monoisotopic (exact) mass is 281 g/mol. The molecule has 0 aromatic heterocycles. The van der Waals surface area contributed by atoms with Gasteiger partial charge in [0.05, 0.1) is 7.11 Å². The van der Waals surface area contributed by atoms with Gasteiger partial charge >= 0.3 is 12.0 Å². The summed E-state index contributed by atoms with van der Waals surface area (Å²) in [5, 5.41) is 0. The third kappa shape index (κ3) is 3.83. The van der Waals surface area contributed by atoms with Gasteiger partial charge in [-0.1, -0.05) is 30.3 Å². The zero-order valence-corrected chi connectivity index (χ0v) is 11.7. The standard InChI is InChI=1S/C17H15NO3/c1-18-16(17(19)20-2)14-8-10-15(11-9-14)21-12-13-6-4-3-5-7-13/h3-11,16H,12H2,2H3. The lowest BCUT2D eigenvalue weighted by Crippen LogP contribution is -2.10. The Hall–Kier alpha value is -2.80. The molecule has 2 rings (SSSR count). The Morgan fingerprint density at radius 1 is 1.14 bits per heavy atom. The van der Waals surface area contributed by atoms with Crippen LogP contribution in [0.25, 0.3) is 4.85 Å². The van der Waals surface area contributed by atoms with Gasteiger partial charge in [0, 0.05) is 5.56 Å². The number of nitrogens with zero attached hydrogens (tertiary/aromatic N) is 1. The summed E-state index contributed by atoms with van der Waals surface area (Å²) in [7, 11) is 1.28. The topological polar surface area (TPSA) is 39.9 Å². The number of esters is 1. The van der Waals surface area contributed by atoms with Crippen molar-refractivity contribution < 1.29 is 14.3 Å². The van der Waals surface area contributed by atoms with Gasteiger partial charge < -0.3 is 9.47 Å². The first kappa shape index (κ1) is 14.6. The summed E-state index contributed by atoms with van der Waals surface area (Å²) in [6, 6.07) is 15.8. The van der Waals surface area contributed by atoms with Gasteiger partial charge in [-0.05, 0) is 29.8 Å². The van der Waals surface area contributed by atoms with Crippen molar-refractivity contribution >= 4 is 5.97 Å². The summed E-state index contributed by atoms with van der Waals surface area (Å²) in [4.78, 5) is 14.8. The Morgan fingerprint density at radius 3 is 2.38 bits per heavy atom. The Labute approximate surface area is 123 Å². The van der Waals surface area contributed by atoms with Crippen LogP contribution in [0.1, 0.15) is 17.2 Å². The van der Waals surface area contributed by atoms with Crippen molar-refractivity contribution in [3.63, 3.8) is 0 Å². The Bertz CT molecular complexity index is 629. The summed E-state index contributed by atoms with van der Waals surface area (Å²) in [5.74, 6) is 0.138. The smallest absolute Gasteiger partial charge is 0.395 e. The number of ether oxygens (including phenoxy) is 2. The van der Waals surface area contributed by atoms with Crippen molar-refractivity contribution in [3.8, 4) is 5.75 Å². The minimum atomic E-state index is -0.918. The van der Waals surface area contributed by atoms with Crippen molar-refractivity contribution in [2.24, 2.45) is 0 Å². The fourth-order valence-corrected chi connectivity index (χ4v) is 1.86. The minimum Gasteiger partial charge on any atom is -0.489 e. The fraction of sp³-hybridized carbons (Fsp3) is 0.176. The number of benzene rings is 2. The zero-order chi connectivity index (χ0) is 15.1. The van der Waals surface area contributed by atoms with E-state index in [1.807, 2.05) is 30.3 Å². The molecule has 0 radical (unpaired) electrons. The van der Waals surface area contributed by atoms with Crippen LogP contribution in [0, 0.1) is 6.57 Å². The van der Waals surface area contributed by atoms with E-state index < -0.39 is 12.0 Å². The molecule has 0 aliphatic carbocycles. The third-order valence-electron chi connectivity index (χ3n) is 3.00. The molecule has 0 aliphatic heterocycles. The minimum absolute atomic E-state index is 0.476. The summed E-state index contributed by atoms with van der Waals surface area (Å²) in [5.41, 5.74) is 1.68. The first-order valence-electron chi connectivity index (χ1n) is 6.45.